The van der Waals surface area contributed by atoms with Gasteiger partial charge in [-0.2, -0.15) is 9.78 Å². The minimum atomic E-state index is -2.42. The first-order valence-electron chi connectivity index (χ1n) is 7.35. The maximum absolute atomic E-state index is 14.0. The van der Waals surface area contributed by atoms with Gasteiger partial charge in [0, 0.05) is 28.7 Å². The average Bonchev–Trinajstić information content (AvgIpc) is 2.91. The molecular formula is C17H7F7MnN2O2. The fourth-order valence-electron chi connectivity index (χ4n) is 2.55. The van der Waals surface area contributed by atoms with Crippen LogP contribution in [0.4, 0.5) is 30.7 Å². The fraction of sp³-hybridized carbons (Fsp3) is 0.0588. The largest absolute Gasteiger partial charge is 0.493 e. The summed E-state index contributed by atoms with van der Waals surface area (Å²) in [5.74, 6) is -16.3. The monoisotopic (exact) mass is 459 g/mol. The Labute approximate surface area is 168 Å². The van der Waals surface area contributed by atoms with Crippen LogP contribution in [0.5, 0.6) is 5.88 Å². The van der Waals surface area contributed by atoms with E-state index in [0.29, 0.717) is 18.2 Å². The molecule has 3 aromatic rings. The molecule has 0 aliphatic rings. The van der Waals surface area contributed by atoms with Gasteiger partial charge in [0.05, 0.1) is 5.69 Å². The van der Waals surface area contributed by atoms with Crippen LogP contribution in [0.3, 0.4) is 0 Å². The second-order valence-electron chi connectivity index (χ2n) is 5.60. The van der Waals surface area contributed by atoms with Gasteiger partial charge in [-0.05, 0) is 19.1 Å². The maximum atomic E-state index is 14.0. The zero-order chi connectivity index (χ0) is 20.9. The molecular weight excluding hydrogens is 452 g/mol. The van der Waals surface area contributed by atoms with E-state index in [9.17, 15) is 40.6 Å². The van der Waals surface area contributed by atoms with Gasteiger partial charge < -0.3 is 5.11 Å². The number of hydrogen-bond donors (Lipinski definition) is 1. The second kappa shape index (κ2) is 7.88. The number of carbonyl (C=O) groups is 1. The van der Waals surface area contributed by atoms with E-state index in [1.165, 1.54) is 0 Å². The van der Waals surface area contributed by atoms with Gasteiger partial charge in [0.25, 0.3) is 0 Å². The third-order valence-corrected chi connectivity index (χ3v) is 3.79. The molecule has 1 radical (unpaired) electrons. The van der Waals surface area contributed by atoms with Gasteiger partial charge in [0.1, 0.15) is 22.9 Å². The summed E-state index contributed by atoms with van der Waals surface area (Å²) in [7, 11) is 0. The molecule has 0 fully saturated rings. The van der Waals surface area contributed by atoms with E-state index in [1.807, 2.05) is 0 Å². The molecule has 0 spiro atoms. The van der Waals surface area contributed by atoms with Gasteiger partial charge in [-0.25, -0.2) is 30.7 Å². The zero-order valence-corrected chi connectivity index (χ0v) is 15.2. The van der Waals surface area contributed by atoms with Crippen molar-refractivity contribution in [3.63, 3.8) is 0 Å². The number of halogens is 7. The first-order valence-corrected chi connectivity index (χ1v) is 7.35. The van der Waals surface area contributed by atoms with E-state index in [2.05, 4.69) is 5.10 Å². The minimum Gasteiger partial charge on any atom is -0.493 e. The summed E-state index contributed by atoms with van der Waals surface area (Å²) < 4.78 is 94.5. The Hall–Kier alpha value is -2.85. The Morgan fingerprint density at radius 3 is 1.79 bits per heavy atom. The molecule has 1 aromatic heterocycles. The van der Waals surface area contributed by atoms with E-state index >= 15 is 0 Å². The molecule has 0 unspecified atom stereocenters. The number of nitrogens with zero attached hydrogens (tertiary/aromatic N) is 2. The quantitative estimate of drug-likeness (QED) is 0.211. The molecule has 1 heterocycles. The smallest absolute Gasteiger partial charge is 0.226 e. The van der Waals surface area contributed by atoms with Crippen molar-refractivity contribution < 1.29 is 57.7 Å². The average molecular weight is 459 g/mol. The first kappa shape index (κ1) is 22.4. The predicted octanol–water partition coefficient (Wildman–Crippen LogP) is 4.09. The topological polar surface area (TPSA) is 55.1 Å². The van der Waals surface area contributed by atoms with Crippen LogP contribution in [0.25, 0.3) is 5.69 Å². The molecule has 0 saturated carbocycles. The SMILES string of the molecule is Cc1nn(-c2c(F)c(F)c(F)c(F)c2F)c(O)c1C(=O)c1cc(F)cc(F)c1.[Mn]. The van der Waals surface area contributed by atoms with Crippen LogP contribution in [0.2, 0.25) is 0 Å². The van der Waals surface area contributed by atoms with Crippen molar-refractivity contribution in [2.24, 2.45) is 0 Å². The summed E-state index contributed by atoms with van der Waals surface area (Å²) in [6, 6.07) is 1.72. The van der Waals surface area contributed by atoms with Gasteiger partial charge in [0.15, 0.2) is 23.3 Å². The molecule has 0 saturated heterocycles. The number of carbonyl (C=O) groups excluding carboxylic acids is 1. The normalized spacial score (nSPS) is 10.8. The van der Waals surface area contributed by atoms with Gasteiger partial charge in [0.2, 0.25) is 17.5 Å². The molecule has 0 atom stereocenters. The molecule has 1 N–H and O–H groups in total. The molecule has 12 heteroatoms. The summed E-state index contributed by atoms with van der Waals surface area (Å²) in [5, 5.41) is 13.6. The van der Waals surface area contributed by atoms with Crippen LogP contribution in [-0.4, -0.2) is 20.7 Å². The number of rotatable bonds is 3. The molecule has 0 aliphatic heterocycles. The third-order valence-electron chi connectivity index (χ3n) is 3.79. The number of aromatic nitrogens is 2. The molecule has 2 aromatic carbocycles. The molecule has 153 valence electrons. The number of benzene rings is 2. The Morgan fingerprint density at radius 1 is 0.862 bits per heavy atom. The van der Waals surface area contributed by atoms with E-state index in [1.54, 1.807) is 0 Å². The molecule has 29 heavy (non-hydrogen) atoms. The van der Waals surface area contributed by atoms with E-state index in [-0.39, 0.29) is 21.8 Å². The molecule has 0 amide bonds. The van der Waals surface area contributed by atoms with Crippen molar-refractivity contribution in [2.45, 2.75) is 6.92 Å². The summed E-state index contributed by atoms with van der Waals surface area (Å²) in [5.41, 5.74) is -3.33. The van der Waals surface area contributed by atoms with Gasteiger partial charge in [-0.3, -0.25) is 4.79 Å². The maximum Gasteiger partial charge on any atom is 0.226 e. The van der Waals surface area contributed by atoms with Crippen LogP contribution >= 0.6 is 0 Å². The predicted molar refractivity (Wildman–Crippen MR) is 79.5 cm³/mol. The van der Waals surface area contributed by atoms with Crippen molar-refractivity contribution >= 4 is 5.78 Å². The Morgan fingerprint density at radius 2 is 1.31 bits per heavy atom. The molecule has 0 aliphatic carbocycles. The Balaban J connectivity index is 0.00000300. The third kappa shape index (κ3) is 3.60. The Kier molecular flexibility index (Phi) is 6.10. The summed E-state index contributed by atoms with van der Waals surface area (Å²) >= 11 is 0. The van der Waals surface area contributed by atoms with Crippen LogP contribution < -0.4 is 0 Å². The van der Waals surface area contributed by atoms with E-state index in [4.69, 9.17) is 0 Å². The van der Waals surface area contributed by atoms with E-state index < -0.39 is 74.9 Å². The van der Waals surface area contributed by atoms with Crippen molar-refractivity contribution in [1.82, 2.24) is 9.78 Å². The van der Waals surface area contributed by atoms with Crippen LogP contribution in [0.15, 0.2) is 18.2 Å². The van der Waals surface area contributed by atoms with Crippen molar-refractivity contribution in [2.75, 3.05) is 0 Å². The van der Waals surface area contributed by atoms with E-state index in [0.717, 1.165) is 6.92 Å². The van der Waals surface area contributed by atoms with Crippen molar-refractivity contribution in [1.29, 1.82) is 0 Å². The fourth-order valence-corrected chi connectivity index (χ4v) is 2.55. The van der Waals surface area contributed by atoms with Crippen LogP contribution in [-0.2, 0) is 17.1 Å². The molecule has 0 bridgehead atoms. The van der Waals surface area contributed by atoms with Gasteiger partial charge >= 0.3 is 0 Å². The standard InChI is InChI=1S/C17H7F7N2O2.Mn/c1-5-9(16(27)6-2-7(18)4-8(19)3-6)17(28)26(25-5)15-13(23)11(21)10(20)12(22)14(15)24;/h2-4,28H,1H3;. The minimum absolute atomic E-state index is 0. The number of ketones is 1. The summed E-state index contributed by atoms with van der Waals surface area (Å²) in [4.78, 5) is 12.5. The molecule has 4 nitrogen and oxygen atoms in total. The van der Waals surface area contributed by atoms with Gasteiger partial charge in [-0.15, -0.1) is 0 Å². The number of aryl methyl sites for hydroxylation is 1. The van der Waals surface area contributed by atoms with Crippen molar-refractivity contribution in [3.8, 4) is 11.6 Å². The van der Waals surface area contributed by atoms with Crippen LogP contribution in [0.1, 0.15) is 21.6 Å². The van der Waals surface area contributed by atoms with Gasteiger partial charge in [-0.1, -0.05) is 0 Å². The second-order valence-corrected chi connectivity index (χ2v) is 5.60. The first-order chi connectivity index (χ1) is 13.0. The number of aromatic hydroxyl groups is 1. The van der Waals surface area contributed by atoms with Crippen molar-refractivity contribution in [3.05, 3.63) is 75.7 Å². The molecule has 3 rings (SSSR count). The number of hydrogen-bond acceptors (Lipinski definition) is 3. The summed E-state index contributed by atoms with van der Waals surface area (Å²) in [6.07, 6.45) is 0. The Bertz CT molecular complexity index is 1100. The zero-order valence-electron chi connectivity index (χ0n) is 14.0. The van der Waals surface area contributed by atoms with Crippen LogP contribution in [0, 0.1) is 47.6 Å². The summed E-state index contributed by atoms with van der Waals surface area (Å²) in [6.45, 7) is 1.07.